The van der Waals surface area contributed by atoms with Crippen LogP contribution in [0, 0.1) is 19.3 Å². The number of amidine groups is 2. The van der Waals surface area contributed by atoms with Crippen LogP contribution < -0.4 is 5.73 Å². The Morgan fingerprint density at radius 2 is 2.00 bits per heavy atom. The van der Waals surface area contributed by atoms with Crippen molar-refractivity contribution < 1.29 is 0 Å². The van der Waals surface area contributed by atoms with E-state index in [4.69, 9.17) is 11.1 Å². The number of nitrogens with two attached hydrogens (primary N) is 1. The zero-order valence-electron chi connectivity index (χ0n) is 7.68. The molecule has 2 rings (SSSR count). The summed E-state index contributed by atoms with van der Waals surface area (Å²) in [4.78, 5) is 3.94. The van der Waals surface area contributed by atoms with Crippen LogP contribution in [0.2, 0.25) is 0 Å². The molecule has 0 amide bonds. The fraction of sp³-hybridized carbons (Fsp3) is 0.200. The number of nitrogens with one attached hydrogen (secondary N) is 1. The maximum absolute atomic E-state index is 7.56. The van der Waals surface area contributed by atoms with Crippen molar-refractivity contribution in [1.29, 1.82) is 5.41 Å². The summed E-state index contributed by atoms with van der Waals surface area (Å²) in [6.45, 7) is 4.04. The topological polar surface area (TPSA) is 62.2 Å². The number of rotatable bonds is 0. The second-order valence-corrected chi connectivity index (χ2v) is 3.28. The van der Waals surface area contributed by atoms with Crippen molar-refractivity contribution in [2.45, 2.75) is 13.8 Å². The lowest BCUT2D eigenvalue weighted by molar-refractivity contribution is 1.31. The van der Waals surface area contributed by atoms with E-state index in [0.717, 1.165) is 16.7 Å². The summed E-state index contributed by atoms with van der Waals surface area (Å²) in [5.74, 6) is 0.747. The lowest BCUT2D eigenvalue weighted by atomic mass is 9.98. The predicted octanol–water partition coefficient (Wildman–Crippen LogP) is 1.35. The molecule has 1 aromatic rings. The van der Waals surface area contributed by atoms with Crippen LogP contribution in [-0.4, -0.2) is 11.7 Å². The lowest BCUT2D eigenvalue weighted by Gasteiger charge is -2.06. The van der Waals surface area contributed by atoms with Gasteiger partial charge in [0, 0.05) is 11.1 Å². The first-order chi connectivity index (χ1) is 6.11. The molecule has 0 atom stereocenters. The second kappa shape index (κ2) is 2.42. The third-order valence-electron chi connectivity index (χ3n) is 2.48. The average molecular weight is 173 g/mol. The van der Waals surface area contributed by atoms with Crippen LogP contribution in [0.15, 0.2) is 17.1 Å². The van der Waals surface area contributed by atoms with Gasteiger partial charge in [-0.15, -0.1) is 0 Å². The van der Waals surface area contributed by atoms with E-state index < -0.39 is 0 Å². The van der Waals surface area contributed by atoms with E-state index in [1.54, 1.807) is 0 Å². The van der Waals surface area contributed by atoms with E-state index in [0.29, 0.717) is 5.84 Å². The Hall–Kier alpha value is -1.64. The van der Waals surface area contributed by atoms with Crippen molar-refractivity contribution in [2.75, 3.05) is 0 Å². The minimum Gasteiger partial charge on any atom is -0.383 e. The molecule has 0 spiro atoms. The molecular weight excluding hydrogens is 162 g/mol. The van der Waals surface area contributed by atoms with Gasteiger partial charge in [-0.3, -0.25) is 5.41 Å². The first-order valence-electron chi connectivity index (χ1n) is 4.15. The Labute approximate surface area is 76.8 Å². The molecule has 0 fully saturated rings. The van der Waals surface area contributed by atoms with Crippen molar-refractivity contribution in [3.63, 3.8) is 0 Å². The van der Waals surface area contributed by atoms with Crippen LogP contribution in [0.1, 0.15) is 22.3 Å². The molecule has 3 N–H and O–H groups in total. The highest BCUT2D eigenvalue weighted by molar-refractivity contribution is 6.21. The summed E-state index contributed by atoms with van der Waals surface area (Å²) in [6.07, 6.45) is 0. The molecule has 1 aromatic carbocycles. The van der Waals surface area contributed by atoms with Crippen LogP contribution in [0.5, 0.6) is 0 Å². The molecule has 66 valence electrons. The summed E-state index contributed by atoms with van der Waals surface area (Å²) in [5, 5.41) is 7.56. The minimum atomic E-state index is 0.274. The molecule has 1 aliphatic rings. The third kappa shape index (κ3) is 0.967. The molecule has 13 heavy (non-hydrogen) atoms. The quantitative estimate of drug-likeness (QED) is 0.611. The standard InChI is InChI=1S/C10H11N3/c1-5-3-4-7-8(6(5)2)10(12)13-9(7)11/h3-4H,1-2H3,(H3,11,12,13). The Bertz CT molecular complexity index is 430. The summed E-state index contributed by atoms with van der Waals surface area (Å²) in [5.41, 5.74) is 9.81. The Morgan fingerprint density at radius 3 is 2.69 bits per heavy atom. The van der Waals surface area contributed by atoms with Gasteiger partial charge < -0.3 is 5.73 Å². The number of hydrogen-bond donors (Lipinski definition) is 2. The van der Waals surface area contributed by atoms with Crippen molar-refractivity contribution in [3.05, 3.63) is 34.4 Å². The van der Waals surface area contributed by atoms with Crippen LogP contribution in [0.25, 0.3) is 0 Å². The molecule has 0 bridgehead atoms. The number of aryl methyl sites for hydroxylation is 1. The zero-order valence-corrected chi connectivity index (χ0v) is 7.68. The molecule has 0 unspecified atom stereocenters. The Morgan fingerprint density at radius 1 is 1.31 bits per heavy atom. The lowest BCUT2D eigenvalue weighted by Crippen LogP contribution is -2.12. The van der Waals surface area contributed by atoms with Gasteiger partial charge in [-0.05, 0) is 25.0 Å². The van der Waals surface area contributed by atoms with Gasteiger partial charge in [0.1, 0.15) is 5.84 Å². The van der Waals surface area contributed by atoms with E-state index in [1.807, 2.05) is 26.0 Å². The minimum absolute atomic E-state index is 0.274. The molecule has 3 heteroatoms. The zero-order chi connectivity index (χ0) is 9.59. The number of hydrogen-bond acceptors (Lipinski definition) is 2. The Kier molecular flexibility index (Phi) is 1.49. The van der Waals surface area contributed by atoms with Gasteiger partial charge in [0.05, 0.1) is 0 Å². The van der Waals surface area contributed by atoms with Crippen LogP contribution in [-0.2, 0) is 0 Å². The highest BCUT2D eigenvalue weighted by Crippen LogP contribution is 2.22. The number of benzene rings is 1. The smallest absolute Gasteiger partial charge is 0.154 e. The molecular formula is C10H11N3. The van der Waals surface area contributed by atoms with Crippen molar-refractivity contribution in [1.82, 2.24) is 0 Å². The molecule has 3 nitrogen and oxygen atoms in total. The van der Waals surface area contributed by atoms with Gasteiger partial charge in [0.25, 0.3) is 0 Å². The highest BCUT2D eigenvalue weighted by Gasteiger charge is 2.20. The molecule has 1 heterocycles. The molecule has 0 saturated heterocycles. The van der Waals surface area contributed by atoms with Gasteiger partial charge in [-0.2, -0.15) is 0 Å². The largest absolute Gasteiger partial charge is 0.383 e. The number of nitrogens with zero attached hydrogens (tertiary/aromatic N) is 1. The first kappa shape index (κ1) is 7.98. The molecule has 0 aromatic heterocycles. The number of aliphatic imine (C=N–C) groups is 1. The number of fused-ring (bicyclic) bond motifs is 1. The van der Waals surface area contributed by atoms with E-state index in [-0.39, 0.29) is 5.84 Å². The van der Waals surface area contributed by atoms with Crippen molar-refractivity contribution in [3.8, 4) is 0 Å². The third-order valence-corrected chi connectivity index (χ3v) is 2.48. The maximum atomic E-state index is 7.56. The predicted molar refractivity (Wildman–Crippen MR) is 53.5 cm³/mol. The fourth-order valence-electron chi connectivity index (χ4n) is 1.58. The molecule has 1 aliphatic heterocycles. The highest BCUT2D eigenvalue weighted by atomic mass is 14.9. The normalized spacial score (nSPS) is 14.3. The van der Waals surface area contributed by atoms with Gasteiger partial charge in [-0.25, -0.2) is 4.99 Å². The summed E-state index contributed by atoms with van der Waals surface area (Å²) >= 11 is 0. The van der Waals surface area contributed by atoms with E-state index in [2.05, 4.69) is 4.99 Å². The summed E-state index contributed by atoms with van der Waals surface area (Å²) < 4.78 is 0. The monoisotopic (exact) mass is 173 g/mol. The van der Waals surface area contributed by atoms with Gasteiger partial charge >= 0.3 is 0 Å². The SMILES string of the molecule is Cc1ccc2c(c1C)C(N)=NC2=N. The Balaban J connectivity index is 2.79. The van der Waals surface area contributed by atoms with Crippen molar-refractivity contribution >= 4 is 11.7 Å². The maximum Gasteiger partial charge on any atom is 0.154 e. The molecule has 0 radical (unpaired) electrons. The second-order valence-electron chi connectivity index (χ2n) is 3.28. The van der Waals surface area contributed by atoms with E-state index in [1.165, 1.54) is 5.56 Å². The molecule has 0 aliphatic carbocycles. The van der Waals surface area contributed by atoms with E-state index in [9.17, 15) is 0 Å². The first-order valence-corrected chi connectivity index (χ1v) is 4.15. The van der Waals surface area contributed by atoms with Gasteiger partial charge in [-0.1, -0.05) is 12.1 Å². The summed E-state index contributed by atoms with van der Waals surface area (Å²) in [7, 11) is 0. The van der Waals surface area contributed by atoms with Crippen LogP contribution >= 0.6 is 0 Å². The molecule has 0 saturated carbocycles. The summed E-state index contributed by atoms with van der Waals surface area (Å²) in [6, 6.07) is 3.90. The fourth-order valence-corrected chi connectivity index (χ4v) is 1.58. The van der Waals surface area contributed by atoms with E-state index >= 15 is 0 Å². The van der Waals surface area contributed by atoms with Crippen LogP contribution in [0.4, 0.5) is 0 Å². The van der Waals surface area contributed by atoms with Gasteiger partial charge in [0.2, 0.25) is 0 Å². The van der Waals surface area contributed by atoms with Crippen LogP contribution in [0.3, 0.4) is 0 Å². The average Bonchev–Trinajstić information content (AvgIpc) is 2.35. The van der Waals surface area contributed by atoms with Gasteiger partial charge in [0.15, 0.2) is 5.84 Å². The van der Waals surface area contributed by atoms with Crippen molar-refractivity contribution in [2.24, 2.45) is 10.7 Å².